The van der Waals surface area contributed by atoms with Crippen LogP contribution in [0.4, 0.5) is 5.69 Å². The summed E-state index contributed by atoms with van der Waals surface area (Å²) >= 11 is 0. The van der Waals surface area contributed by atoms with Crippen LogP contribution in [0, 0.1) is 11.8 Å². The highest BCUT2D eigenvalue weighted by atomic mass is 16.5. The molecule has 4 atom stereocenters. The molecule has 2 fully saturated rings. The van der Waals surface area contributed by atoms with Crippen molar-refractivity contribution in [3.05, 3.63) is 59.7 Å². The average molecular weight is 406 g/mol. The van der Waals surface area contributed by atoms with Gasteiger partial charge in [-0.25, -0.2) is 0 Å². The van der Waals surface area contributed by atoms with E-state index in [0.717, 1.165) is 43.8 Å². The Balaban J connectivity index is 1.41. The van der Waals surface area contributed by atoms with Crippen molar-refractivity contribution in [3.63, 3.8) is 0 Å². The van der Waals surface area contributed by atoms with Gasteiger partial charge in [-0.15, -0.1) is 0 Å². The number of carbonyl (C=O) groups excluding carboxylic acids is 1. The summed E-state index contributed by atoms with van der Waals surface area (Å²) in [6.45, 7) is 1.94. The van der Waals surface area contributed by atoms with Crippen LogP contribution in [0.15, 0.2) is 48.5 Å². The number of rotatable bonds is 3. The number of piperidine rings is 1. The summed E-state index contributed by atoms with van der Waals surface area (Å²) in [7, 11) is 3.61. The SMILES string of the molecule is COc1ccc2c(c1)CC(C1CNC3(CCCNC3c3ccccc3)C1)C(=O)N2C. The Labute approximate surface area is 178 Å². The first-order chi connectivity index (χ1) is 14.6. The number of fused-ring (bicyclic) bond motifs is 1. The number of ether oxygens (including phenoxy) is 1. The highest BCUT2D eigenvalue weighted by molar-refractivity contribution is 5.98. The maximum atomic E-state index is 13.3. The fourth-order valence-electron chi connectivity index (χ4n) is 5.95. The normalized spacial score (nSPS) is 31.1. The molecule has 30 heavy (non-hydrogen) atoms. The second kappa shape index (κ2) is 7.71. The third kappa shape index (κ3) is 3.21. The van der Waals surface area contributed by atoms with Crippen molar-refractivity contribution in [2.45, 2.75) is 37.3 Å². The molecule has 1 spiro atoms. The Hall–Kier alpha value is -2.37. The minimum Gasteiger partial charge on any atom is -0.497 e. The molecule has 2 aromatic carbocycles. The highest BCUT2D eigenvalue weighted by Gasteiger charge is 2.50. The van der Waals surface area contributed by atoms with Crippen LogP contribution in [0.2, 0.25) is 0 Å². The molecule has 2 aromatic rings. The zero-order valence-electron chi connectivity index (χ0n) is 17.9. The smallest absolute Gasteiger partial charge is 0.230 e. The minimum atomic E-state index is 0.0137. The molecule has 5 nitrogen and oxygen atoms in total. The number of carbonyl (C=O) groups is 1. The molecule has 0 aliphatic carbocycles. The van der Waals surface area contributed by atoms with Crippen LogP contribution in [0.25, 0.3) is 0 Å². The molecule has 4 unspecified atom stereocenters. The molecule has 1 amide bonds. The molecular weight excluding hydrogens is 374 g/mol. The van der Waals surface area contributed by atoms with E-state index in [1.54, 1.807) is 7.11 Å². The van der Waals surface area contributed by atoms with Crippen molar-refractivity contribution >= 4 is 11.6 Å². The number of anilines is 1. The predicted molar refractivity (Wildman–Crippen MR) is 119 cm³/mol. The quantitative estimate of drug-likeness (QED) is 0.823. The first-order valence-corrected chi connectivity index (χ1v) is 11.1. The number of hydrogen-bond donors (Lipinski definition) is 2. The van der Waals surface area contributed by atoms with E-state index in [-0.39, 0.29) is 17.4 Å². The van der Waals surface area contributed by atoms with Crippen LogP contribution in [-0.2, 0) is 11.2 Å². The standard InChI is InChI=1S/C25H31N3O2/c1-28-22-10-9-20(30-2)13-18(22)14-21(24(28)29)19-15-25(27-16-19)11-6-12-26-23(25)17-7-4-3-5-8-17/h3-5,7-10,13,19,21,23,26-27H,6,11-12,14-16H2,1-2H3. The van der Waals surface area contributed by atoms with Crippen molar-refractivity contribution in [1.29, 1.82) is 0 Å². The van der Waals surface area contributed by atoms with E-state index < -0.39 is 0 Å². The lowest BCUT2D eigenvalue weighted by atomic mass is 9.73. The molecular formula is C25H31N3O2. The molecule has 0 saturated carbocycles. The Morgan fingerprint density at radius 3 is 2.80 bits per heavy atom. The van der Waals surface area contributed by atoms with Gasteiger partial charge in [0.15, 0.2) is 0 Å². The molecule has 158 valence electrons. The zero-order chi connectivity index (χ0) is 20.7. The van der Waals surface area contributed by atoms with Gasteiger partial charge in [-0.3, -0.25) is 4.79 Å². The first kappa shape index (κ1) is 19.6. The van der Waals surface area contributed by atoms with Crippen molar-refractivity contribution in [3.8, 4) is 5.75 Å². The first-order valence-electron chi connectivity index (χ1n) is 11.1. The summed E-state index contributed by atoms with van der Waals surface area (Å²) in [5, 5.41) is 7.66. The van der Waals surface area contributed by atoms with E-state index in [9.17, 15) is 4.79 Å². The number of nitrogens with one attached hydrogen (secondary N) is 2. The Morgan fingerprint density at radius 2 is 2.00 bits per heavy atom. The molecule has 2 N–H and O–H groups in total. The Kier molecular flexibility index (Phi) is 5.03. The van der Waals surface area contributed by atoms with Gasteiger partial charge in [-0.2, -0.15) is 0 Å². The molecule has 0 radical (unpaired) electrons. The van der Waals surface area contributed by atoms with E-state index in [1.165, 1.54) is 17.5 Å². The Bertz CT molecular complexity index is 931. The van der Waals surface area contributed by atoms with Crippen molar-refractivity contribution < 1.29 is 9.53 Å². The second-order valence-electron chi connectivity index (χ2n) is 9.11. The summed E-state index contributed by atoms with van der Waals surface area (Å²) in [6, 6.07) is 17.1. The van der Waals surface area contributed by atoms with E-state index in [4.69, 9.17) is 4.74 Å². The van der Waals surface area contributed by atoms with Gasteiger partial charge < -0.3 is 20.3 Å². The van der Waals surface area contributed by atoms with Gasteiger partial charge in [0, 0.05) is 24.2 Å². The predicted octanol–water partition coefficient (Wildman–Crippen LogP) is 3.30. The molecule has 5 rings (SSSR count). The summed E-state index contributed by atoms with van der Waals surface area (Å²) in [5.74, 6) is 1.46. The third-order valence-electron chi connectivity index (χ3n) is 7.48. The lowest BCUT2D eigenvalue weighted by Crippen LogP contribution is -2.54. The van der Waals surface area contributed by atoms with Gasteiger partial charge in [-0.1, -0.05) is 30.3 Å². The number of nitrogens with zero attached hydrogens (tertiary/aromatic N) is 1. The fourth-order valence-corrected chi connectivity index (χ4v) is 5.95. The van der Waals surface area contributed by atoms with Crippen LogP contribution in [-0.4, -0.2) is 38.7 Å². The number of methoxy groups -OCH3 is 1. The topological polar surface area (TPSA) is 53.6 Å². The van der Waals surface area contributed by atoms with Crippen LogP contribution < -0.4 is 20.3 Å². The number of benzene rings is 2. The summed E-state index contributed by atoms with van der Waals surface area (Å²) < 4.78 is 5.43. The monoisotopic (exact) mass is 405 g/mol. The van der Waals surface area contributed by atoms with Crippen molar-refractivity contribution in [1.82, 2.24) is 10.6 Å². The van der Waals surface area contributed by atoms with E-state index in [0.29, 0.717) is 12.0 Å². The van der Waals surface area contributed by atoms with Gasteiger partial charge in [0.2, 0.25) is 5.91 Å². The lowest BCUT2D eigenvalue weighted by molar-refractivity contribution is -0.124. The van der Waals surface area contributed by atoms with Gasteiger partial charge in [-0.05, 0) is 74.0 Å². The average Bonchev–Trinajstić information content (AvgIpc) is 3.20. The fraction of sp³-hybridized carbons (Fsp3) is 0.480. The van der Waals surface area contributed by atoms with Crippen LogP contribution in [0.5, 0.6) is 5.75 Å². The zero-order valence-corrected chi connectivity index (χ0v) is 17.9. The van der Waals surface area contributed by atoms with Gasteiger partial charge in [0.1, 0.15) is 5.75 Å². The number of amides is 1. The number of hydrogen-bond acceptors (Lipinski definition) is 4. The molecule has 3 heterocycles. The van der Waals surface area contributed by atoms with Gasteiger partial charge >= 0.3 is 0 Å². The Morgan fingerprint density at radius 1 is 1.17 bits per heavy atom. The minimum absolute atomic E-state index is 0.0137. The van der Waals surface area contributed by atoms with Crippen molar-refractivity contribution in [2.24, 2.45) is 11.8 Å². The molecule has 2 saturated heterocycles. The second-order valence-corrected chi connectivity index (χ2v) is 9.11. The molecule has 3 aliphatic rings. The van der Waals surface area contributed by atoms with Gasteiger partial charge in [0.25, 0.3) is 0 Å². The highest BCUT2D eigenvalue weighted by Crippen LogP contribution is 2.45. The molecule has 3 aliphatic heterocycles. The van der Waals surface area contributed by atoms with E-state index in [1.807, 2.05) is 24.1 Å². The summed E-state index contributed by atoms with van der Waals surface area (Å²) in [5.41, 5.74) is 3.59. The molecule has 5 heteroatoms. The van der Waals surface area contributed by atoms with Crippen molar-refractivity contribution in [2.75, 3.05) is 32.1 Å². The summed E-state index contributed by atoms with van der Waals surface area (Å²) in [4.78, 5) is 15.2. The molecule has 0 bridgehead atoms. The molecule has 0 aromatic heterocycles. The van der Waals surface area contributed by atoms with Crippen LogP contribution >= 0.6 is 0 Å². The maximum Gasteiger partial charge on any atom is 0.230 e. The van der Waals surface area contributed by atoms with E-state index in [2.05, 4.69) is 47.0 Å². The lowest BCUT2D eigenvalue weighted by Gasteiger charge is -2.43. The van der Waals surface area contributed by atoms with Crippen LogP contribution in [0.3, 0.4) is 0 Å². The van der Waals surface area contributed by atoms with E-state index >= 15 is 0 Å². The maximum absolute atomic E-state index is 13.3. The van der Waals surface area contributed by atoms with Gasteiger partial charge in [0.05, 0.1) is 13.2 Å². The third-order valence-corrected chi connectivity index (χ3v) is 7.48. The van der Waals surface area contributed by atoms with Crippen LogP contribution in [0.1, 0.15) is 36.4 Å². The summed E-state index contributed by atoms with van der Waals surface area (Å²) in [6.07, 6.45) is 4.14. The largest absolute Gasteiger partial charge is 0.497 e.